The molecule has 1 radical (unpaired) electrons. The van der Waals surface area contributed by atoms with Gasteiger partial charge in [-0.3, -0.25) is 0 Å². The molecule has 0 fully saturated rings. The van der Waals surface area contributed by atoms with Crippen molar-refractivity contribution >= 4 is 31.9 Å². The van der Waals surface area contributed by atoms with E-state index in [1.54, 1.807) is 6.20 Å². The van der Waals surface area contributed by atoms with Gasteiger partial charge < -0.3 is 9.97 Å². The molecular formula is C42H28Br2IrN2-2. The third kappa shape index (κ3) is 6.46. The first-order valence-electron chi connectivity index (χ1n) is 15.0. The SMILES string of the molecule is Cc1ccc(C2(c3c[c-]c(-c4ccccn4)cc3)c3cc(Br)ccc3-c3ccc(Br)cc32)cc1.[Ir].[c-]1ccccc1-c1ccccn1. The summed E-state index contributed by atoms with van der Waals surface area (Å²) in [5, 5.41) is 0. The molecule has 0 amide bonds. The number of hydrogen-bond acceptors (Lipinski definition) is 2. The van der Waals surface area contributed by atoms with Crippen LogP contribution in [-0.2, 0) is 25.5 Å². The van der Waals surface area contributed by atoms with Crippen molar-refractivity contribution in [1.82, 2.24) is 9.97 Å². The first kappa shape index (κ1) is 32.9. The minimum absolute atomic E-state index is 0. The number of benzene rings is 5. The largest absolute Gasteiger partial charge is 0.305 e. The van der Waals surface area contributed by atoms with Gasteiger partial charge in [-0.25, -0.2) is 0 Å². The summed E-state index contributed by atoms with van der Waals surface area (Å²) in [6.07, 6.45) is 3.61. The molecule has 7 aromatic rings. The topological polar surface area (TPSA) is 25.8 Å². The van der Waals surface area contributed by atoms with Gasteiger partial charge in [-0.15, -0.1) is 71.3 Å². The second kappa shape index (κ2) is 14.4. The molecule has 231 valence electrons. The van der Waals surface area contributed by atoms with Gasteiger partial charge in [-0.05, 0) is 82.5 Å². The van der Waals surface area contributed by atoms with Gasteiger partial charge in [0, 0.05) is 46.9 Å². The van der Waals surface area contributed by atoms with E-state index in [4.69, 9.17) is 0 Å². The van der Waals surface area contributed by atoms with Crippen LogP contribution in [-0.4, -0.2) is 9.97 Å². The Bertz CT molecular complexity index is 2010. The van der Waals surface area contributed by atoms with Gasteiger partial charge >= 0.3 is 0 Å². The van der Waals surface area contributed by atoms with Gasteiger partial charge in [0.25, 0.3) is 0 Å². The number of aryl methyl sites for hydroxylation is 1. The third-order valence-corrected chi connectivity index (χ3v) is 9.37. The van der Waals surface area contributed by atoms with E-state index in [0.717, 1.165) is 31.5 Å². The fourth-order valence-electron chi connectivity index (χ4n) is 6.27. The standard InChI is InChI=1S/C31H20Br2N.C11H8N.Ir/c1-20-5-9-22(10-6-20)31(23-11-7-21(8-12-23)30-4-2-3-17-34-30)28-18-24(32)13-15-26(28)27-16-14-25(33)19-29(27)31;1-2-6-10(7-3-1)11-8-4-5-9-12-11;/h2-7,9-19H,1H3;1-6,8-9H;/q2*-1;. The predicted molar refractivity (Wildman–Crippen MR) is 194 cm³/mol. The molecule has 8 rings (SSSR count). The number of nitrogens with zero attached hydrogens (tertiary/aromatic N) is 2. The molecular weight excluding hydrogens is 885 g/mol. The zero-order chi connectivity index (χ0) is 31.5. The van der Waals surface area contributed by atoms with E-state index < -0.39 is 5.41 Å². The minimum Gasteiger partial charge on any atom is -0.305 e. The fourth-order valence-corrected chi connectivity index (χ4v) is 7.00. The van der Waals surface area contributed by atoms with Crippen LogP contribution in [0.2, 0.25) is 0 Å². The van der Waals surface area contributed by atoms with Crippen molar-refractivity contribution in [3.63, 3.8) is 0 Å². The Kier molecular flexibility index (Phi) is 10.1. The van der Waals surface area contributed by atoms with Crippen LogP contribution in [0.3, 0.4) is 0 Å². The Morgan fingerprint density at radius 2 is 1.11 bits per heavy atom. The first-order chi connectivity index (χ1) is 22.5. The van der Waals surface area contributed by atoms with Gasteiger partial charge in [-0.2, -0.15) is 0 Å². The quantitative estimate of drug-likeness (QED) is 0.164. The van der Waals surface area contributed by atoms with Crippen LogP contribution in [0.15, 0.2) is 161 Å². The molecule has 1 aliphatic carbocycles. The number of aromatic nitrogens is 2. The Morgan fingerprint density at radius 1 is 0.553 bits per heavy atom. The molecule has 0 N–H and O–H groups in total. The number of fused-ring (bicyclic) bond motifs is 3. The van der Waals surface area contributed by atoms with Crippen molar-refractivity contribution < 1.29 is 20.1 Å². The van der Waals surface area contributed by atoms with Crippen LogP contribution in [0.4, 0.5) is 0 Å². The average Bonchev–Trinajstić information content (AvgIpc) is 3.39. The second-order valence-electron chi connectivity index (χ2n) is 11.2. The van der Waals surface area contributed by atoms with E-state index in [1.165, 1.54) is 38.9 Å². The number of halogens is 2. The minimum atomic E-state index is -0.453. The fraction of sp³-hybridized carbons (Fsp3) is 0.0476. The van der Waals surface area contributed by atoms with E-state index in [9.17, 15) is 0 Å². The average molecular weight is 913 g/mol. The maximum atomic E-state index is 4.51. The molecule has 0 atom stereocenters. The van der Waals surface area contributed by atoms with Crippen LogP contribution in [0.1, 0.15) is 27.8 Å². The maximum Gasteiger partial charge on any atom is 0.0381 e. The van der Waals surface area contributed by atoms with Crippen LogP contribution in [0, 0.1) is 19.1 Å². The molecule has 2 aromatic heterocycles. The first-order valence-corrected chi connectivity index (χ1v) is 16.6. The summed E-state index contributed by atoms with van der Waals surface area (Å²) in [6.45, 7) is 2.13. The van der Waals surface area contributed by atoms with Crippen molar-refractivity contribution in [2.24, 2.45) is 0 Å². The Labute approximate surface area is 306 Å². The zero-order valence-corrected chi connectivity index (χ0v) is 31.0. The van der Waals surface area contributed by atoms with Crippen molar-refractivity contribution in [3.05, 3.63) is 201 Å². The van der Waals surface area contributed by atoms with Crippen LogP contribution in [0.5, 0.6) is 0 Å². The molecule has 0 spiro atoms. The van der Waals surface area contributed by atoms with Crippen molar-refractivity contribution in [2.75, 3.05) is 0 Å². The second-order valence-corrected chi connectivity index (χ2v) is 13.0. The molecule has 5 heteroatoms. The summed E-state index contributed by atoms with van der Waals surface area (Å²) in [7, 11) is 0. The monoisotopic (exact) mass is 911 g/mol. The normalized spacial score (nSPS) is 12.1. The summed E-state index contributed by atoms with van der Waals surface area (Å²) in [5.74, 6) is 0. The molecule has 1 aliphatic rings. The summed E-state index contributed by atoms with van der Waals surface area (Å²) in [5.41, 5.74) is 12.2. The van der Waals surface area contributed by atoms with E-state index in [2.05, 4.69) is 140 Å². The molecule has 0 saturated heterocycles. The Morgan fingerprint density at radius 3 is 1.60 bits per heavy atom. The molecule has 0 bridgehead atoms. The van der Waals surface area contributed by atoms with Gasteiger partial charge in [-0.1, -0.05) is 98.1 Å². The van der Waals surface area contributed by atoms with E-state index >= 15 is 0 Å². The van der Waals surface area contributed by atoms with E-state index in [1.807, 2.05) is 66.9 Å². The van der Waals surface area contributed by atoms with E-state index in [0.29, 0.717) is 0 Å². The van der Waals surface area contributed by atoms with Crippen molar-refractivity contribution in [3.8, 4) is 33.6 Å². The number of pyridine rings is 2. The van der Waals surface area contributed by atoms with Crippen LogP contribution >= 0.6 is 31.9 Å². The number of rotatable bonds is 4. The van der Waals surface area contributed by atoms with Gasteiger partial charge in [0.2, 0.25) is 0 Å². The summed E-state index contributed by atoms with van der Waals surface area (Å²) in [6, 6.07) is 55.1. The van der Waals surface area contributed by atoms with Gasteiger partial charge in [0.1, 0.15) is 0 Å². The molecule has 2 heterocycles. The summed E-state index contributed by atoms with van der Waals surface area (Å²) < 4.78 is 2.15. The molecule has 2 nitrogen and oxygen atoms in total. The number of hydrogen-bond donors (Lipinski definition) is 0. The molecule has 0 unspecified atom stereocenters. The summed E-state index contributed by atoms with van der Waals surface area (Å²) >= 11 is 7.50. The van der Waals surface area contributed by atoms with Crippen molar-refractivity contribution in [1.29, 1.82) is 0 Å². The smallest absolute Gasteiger partial charge is 0.0381 e. The summed E-state index contributed by atoms with van der Waals surface area (Å²) in [4.78, 5) is 8.73. The maximum absolute atomic E-state index is 4.51. The Hall–Kier alpha value is -3.99. The van der Waals surface area contributed by atoms with Crippen molar-refractivity contribution in [2.45, 2.75) is 12.3 Å². The van der Waals surface area contributed by atoms with Gasteiger partial charge in [0.05, 0.1) is 0 Å². The van der Waals surface area contributed by atoms with Crippen LogP contribution in [0.25, 0.3) is 33.6 Å². The molecule has 0 aliphatic heterocycles. The third-order valence-electron chi connectivity index (χ3n) is 8.38. The molecule has 0 saturated carbocycles. The zero-order valence-electron chi connectivity index (χ0n) is 25.4. The molecule has 5 aromatic carbocycles. The van der Waals surface area contributed by atoms with Crippen LogP contribution < -0.4 is 0 Å². The van der Waals surface area contributed by atoms with E-state index in [-0.39, 0.29) is 20.1 Å². The predicted octanol–water partition coefficient (Wildman–Crippen LogP) is 11.3. The Balaban J connectivity index is 0.000000250. The van der Waals surface area contributed by atoms with Gasteiger partial charge in [0.15, 0.2) is 0 Å². The molecule has 47 heavy (non-hydrogen) atoms.